The second-order valence-corrected chi connectivity index (χ2v) is 5.12. The van der Waals surface area contributed by atoms with E-state index in [1.807, 2.05) is 6.92 Å². The van der Waals surface area contributed by atoms with Crippen molar-refractivity contribution in [1.29, 1.82) is 0 Å². The standard InChI is InChI=1S/C10H14BrNO2/c1-7-4-8(13)12(9(7)14)6-10(5-11)2-3-10/h7H,2-6H2,1H3. The first kappa shape index (κ1) is 10.1. The molecule has 3 nitrogen and oxygen atoms in total. The van der Waals surface area contributed by atoms with Gasteiger partial charge in [-0.1, -0.05) is 22.9 Å². The number of carbonyl (C=O) groups is 2. The van der Waals surface area contributed by atoms with Gasteiger partial charge in [0.25, 0.3) is 0 Å². The molecule has 78 valence electrons. The van der Waals surface area contributed by atoms with E-state index in [-0.39, 0.29) is 23.1 Å². The Kier molecular flexibility index (Phi) is 2.41. The number of amides is 2. The van der Waals surface area contributed by atoms with E-state index in [9.17, 15) is 9.59 Å². The zero-order valence-electron chi connectivity index (χ0n) is 8.25. The molecular weight excluding hydrogens is 246 g/mol. The van der Waals surface area contributed by atoms with Crippen LogP contribution in [0.2, 0.25) is 0 Å². The first-order valence-electron chi connectivity index (χ1n) is 4.98. The van der Waals surface area contributed by atoms with Gasteiger partial charge < -0.3 is 0 Å². The molecule has 0 aromatic rings. The van der Waals surface area contributed by atoms with Gasteiger partial charge in [0, 0.05) is 24.2 Å². The molecule has 1 unspecified atom stereocenters. The summed E-state index contributed by atoms with van der Waals surface area (Å²) in [7, 11) is 0. The SMILES string of the molecule is CC1CC(=O)N(CC2(CBr)CC2)C1=O. The molecule has 1 saturated heterocycles. The van der Waals surface area contributed by atoms with Gasteiger partial charge in [0.1, 0.15) is 0 Å². The number of likely N-dealkylation sites (tertiary alicyclic amines) is 1. The highest BCUT2D eigenvalue weighted by molar-refractivity contribution is 9.09. The molecule has 2 aliphatic rings. The lowest BCUT2D eigenvalue weighted by Crippen LogP contribution is -2.36. The molecule has 1 aliphatic heterocycles. The predicted molar refractivity (Wildman–Crippen MR) is 56.0 cm³/mol. The molecule has 4 heteroatoms. The summed E-state index contributed by atoms with van der Waals surface area (Å²) in [4.78, 5) is 24.6. The van der Waals surface area contributed by atoms with E-state index in [4.69, 9.17) is 0 Å². The van der Waals surface area contributed by atoms with Crippen LogP contribution < -0.4 is 0 Å². The maximum absolute atomic E-state index is 11.6. The first-order valence-corrected chi connectivity index (χ1v) is 6.10. The number of nitrogens with zero attached hydrogens (tertiary/aromatic N) is 1. The Labute approximate surface area is 92.0 Å². The molecule has 2 rings (SSSR count). The zero-order valence-corrected chi connectivity index (χ0v) is 9.84. The third-order valence-corrected chi connectivity index (χ3v) is 4.39. The number of rotatable bonds is 3. The minimum absolute atomic E-state index is 0.00900. The van der Waals surface area contributed by atoms with E-state index in [2.05, 4.69) is 15.9 Å². The van der Waals surface area contributed by atoms with Crippen LogP contribution in [0.1, 0.15) is 26.2 Å². The highest BCUT2D eigenvalue weighted by Gasteiger charge is 2.47. The number of imide groups is 1. The molecule has 0 bridgehead atoms. The Hall–Kier alpha value is -0.380. The van der Waals surface area contributed by atoms with Crippen molar-refractivity contribution in [3.63, 3.8) is 0 Å². The summed E-state index contributed by atoms with van der Waals surface area (Å²) < 4.78 is 0. The van der Waals surface area contributed by atoms with Crippen LogP contribution in [-0.2, 0) is 9.59 Å². The van der Waals surface area contributed by atoms with Crippen molar-refractivity contribution in [3.05, 3.63) is 0 Å². The fourth-order valence-electron chi connectivity index (χ4n) is 1.86. The van der Waals surface area contributed by atoms with Crippen LogP contribution in [0.4, 0.5) is 0 Å². The average molecular weight is 260 g/mol. The lowest BCUT2D eigenvalue weighted by atomic mass is 10.1. The van der Waals surface area contributed by atoms with Crippen LogP contribution in [-0.4, -0.2) is 28.6 Å². The quantitative estimate of drug-likeness (QED) is 0.570. The number of alkyl halides is 1. The van der Waals surface area contributed by atoms with Gasteiger partial charge in [-0.3, -0.25) is 14.5 Å². The molecule has 0 aromatic heterocycles. The van der Waals surface area contributed by atoms with Crippen molar-refractivity contribution in [2.75, 3.05) is 11.9 Å². The molecule has 1 saturated carbocycles. The maximum Gasteiger partial charge on any atom is 0.232 e. The minimum atomic E-state index is -0.103. The molecule has 14 heavy (non-hydrogen) atoms. The van der Waals surface area contributed by atoms with Crippen LogP contribution in [0.25, 0.3) is 0 Å². The van der Waals surface area contributed by atoms with E-state index >= 15 is 0 Å². The van der Waals surface area contributed by atoms with Crippen LogP contribution >= 0.6 is 15.9 Å². The van der Waals surface area contributed by atoms with E-state index in [1.54, 1.807) is 0 Å². The van der Waals surface area contributed by atoms with Gasteiger partial charge in [-0.15, -0.1) is 0 Å². The second kappa shape index (κ2) is 3.33. The predicted octanol–water partition coefficient (Wildman–Crippen LogP) is 1.56. The topological polar surface area (TPSA) is 37.4 Å². The molecule has 2 fully saturated rings. The van der Waals surface area contributed by atoms with Crippen LogP contribution in [0.15, 0.2) is 0 Å². The van der Waals surface area contributed by atoms with Gasteiger partial charge in [0.05, 0.1) is 0 Å². The zero-order chi connectivity index (χ0) is 10.3. The van der Waals surface area contributed by atoms with Crippen LogP contribution in [0.5, 0.6) is 0 Å². The van der Waals surface area contributed by atoms with Gasteiger partial charge in [0.2, 0.25) is 11.8 Å². The molecule has 0 spiro atoms. The summed E-state index contributed by atoms with van der Waals surface area (Å²) in [5.74, 6) is -0.0782. The lowest BCUT2D eigenvalue weighted by molar-refractivity contribution is -0.140. The Balaban J connectivity index is 2.04. The Morgan fingerprint density at radius 3 is 2.50 bits per heavy atom. The molecule has 0 N–H and O–H groups in total. The van der Waals surface area contributed by atoms with Crippen molar-refractivity contribution < 1.29 is 9.59 Å². The van der Waals surface area contributed by atoms with E-state index < -0.39 is 0 Å². The fourth-order valence-corrected chi connectivity index (χ4v) is 2.60. The Bertz CT molecular complexity index is 286. The third kappa shape index (κ3) is 1.60. The molecular formula is C10H14BrNO2. The molecule has 1 aliphatic carbocycles. The second-order valence-electron chi connectivity index (χ2n) is 4.56. The van der Waals surface area contributed by atoms with Crippen molar-refractivity contribution in [2.24, 2.45) is 11.3 Å². The minimum Gasteiger partial charge on any atom is -0.282 e. The Morgan fingerprint density at radius 2 is 2.14 bits per heavy atom. The average Bonchev–Trinajstić information content (AvgIpc) is 2.88. The molecule has 1 heterocycles. The fraction of sp³-hybridized carbons (Fsp3) is 0.800. The highest BCUT2D eigenvalue weighted by Crippen LogP contribution is 2.48. The smallest absolute Gasteiger partial charge is 0.232 e. The van der Waals surface area contributed by atoms with Crippen LogP contribution in [0, 0.1) is 11.3 Å². The van der Waals surface area contributed by atoms with Gasteiger partial charge in [-0.25, -0.2) is 0 Å². The van der Waals surface area contributed by atoms with Crippen molar-refractivity contribution in [1.82, 2.24) is 4.90 Å². The van der Waals surface area contributed by atoms with Crippen molar-refractivity contribution >= 4 is 27.7 Å². The van der Waals surface area contributed by atoms with Crippen LogP contribution in [0.3, 0.4) is 0 Å². The van der Waals surface area contributed by atoms with Gasteiger partial charge in [-0.2, -0.15) is 0 Å². The highest BCUT2D eigenvalue weighted by atomic mass is 79.9. The molecule has 0 radical (unpaired) electrons. The maximum atomic E-state index is 11.6. The number of carbonyl (C=O) groups excluding carboxylic acids is 2. The third-order valence-electron chi connectivity index (χ3n) is 3.20. The summed E-state index contributed by atoms with van der Waals surface area (Å²) in [6.45, 7) is 2.45. The van der Waals surface area contributed by atoms with Crippen molar-refractivity contribution in [2.45, 2.75) is 26.2 Å². The summed E-state index contributed by atoms with van der Waals surface area (Å²) in [5.41, 5.74) is 0.204. The molecule has 0 aromatic carbocycles. The van der Waals surface area contributed by atoms with E-state index in [0.717, 1.165) is 18.2 Å². The van der Waals surface area contributed by atoms with E-state index in [1.165, 1.54) is 4.90 Å². The summed E-state index contributed by atoms with van der Waals surface area (Å²) >= 11 is 3.45. The molecule has 1 atom stereocenters. The monoisotopic (exact) mass is 259 g/mol. The Morgan fingerprint density at radius 1 is 1.50 bits per heavy atom. The lowest BCUT2D eigenvalue weighted by Gasteiger charge is -2.20. The summed E-state index contributed by atoms with van der Waals surface area (Å²) in [6, 6.07) is 0. The van der Waals surface area contributed by atoms with Gasteiger partial charge >= 0.3 is 0 Å². The normalized spacial score (nSPS) is 29.9. The van der Waals surface area contributed by atoms with Gasteiger partial charge in [-0.05, 0) is 18.3 Å². The largest absolute Gasteiger partial charge is 0.282 e. The summed E-state index contributed by atoms with van der Waals surface area (Å²) in [5, 5.41) is 0.894. The van der Waals surface area contributed by atoms with Crippen molar-refractivity contribution in [3.8, 4) is 0 Å². The number of halogens is 1. The first-order chi connectivity index (χ1) is 6.58. The summed E-state index contributed by atoms with van der Waals surface area (Å²) in [6.07, 6.45) is 2.66. The number of hydrogen-bond acceptors (Lipinski definition) is 2. The van der Waals surface area contributed by atoms with E-state index in [0.29, 0.717) is 13.0 Å². The number of hydrogen-bond donors (Lipinski definition) is 0. The van der Waals surface area contributed by atoms with Gasteiger partial charge in [0.15, 0.2) is 0 Å². The molecule has 2 amide bonds.